The zero-order valence-electron chi connectivity index (χ0n) is 10.9. The topological polar surface area (TPSA) is 20.3 Å². The molecule has 0 fully saturated rings. The fourth-order valence-electron chi connectivity index (χ4n) is 1.75. The Morgan fingerprint density at radius 1 is 1.33 bits per heavy atom. The highest BCUT2D eigenvalue weighted by Gasteiger charge is 2.13. The fourth-order valence-corrected chi connectivity index (χ4v) is 2.32. The Morgan fingerprint density at radius 3 is 2.72 bits per heavy atom. The molecule has 18 heavy (non-hydrogen) atoms. The molecule has 0 unspecified atom stereocenters. The van der Waals surface area contributed by atoms with Gasteiger partial charge in [0.15, 0.2) is 0 Å². The number of unbranched alkanes of at least 4 members (excludes halogenated alkanes) is 2. The van der Waals surface area contributed by atoms with Crippen LogP contribution in [0.25, 0.3) is 0 Å². The van der Waals surface area contributed by atoms with Crippen molar-refractivity contribution in [1.82, 2.24) is 4.90 Å². The van der Waals surface area contributed by atoms with Crippen LogP contribution in [-0.2, 0) is 0 Å². The number of carbonyl (C=O) groups is 1. The number of benzene rings is 1. The van der Waals surface area contributed by atoms with Gasteiger partial charge in [0.05, 0.1) is 0 Å². The second-order valence-corrected chi connectivity index (χ2v) is 5.67. The summed E-state index contributed by atoms with van der Waals surface area (Å²) in [6.45, 7) is 2.72. The Balaban J connectivity index is 2.60. The first kappa shape index (κ1) is 15.5. The molecule has 1 aromatic carbocycles. The van der Waals surface area contributed by atoms with E-state index >= 15 is 0 Å². The van der Waals surface area contributed by atoms with Gasteiger partial charge in [-0.25, -0.2) is 0 Å². The molecule has 2 nitrogen and oxygen atoms in total. The van der Waals surface area contributed by atoms with Gasteiger partial charge in [0.25, 0.3) is 5.91 Å². The predicted octanol–water partition coefficient (Wildman–Crippen LogP) is 4.29. The average molecular weight is 333 g/mol. The number of nitrogens with zero attached hydrogens (tertiary/aromatic N) is 1. The summed E-state index contributed by atoms with van der Waals surface area (Å²) in [6, 6.07) is 5.44. The van der Waals surface area contributed by atoms with Gasteiger partial charge < -0.3 is 4.90 Å². The van der Waals surface area contributed by atoms with Gasteiger partial charge in [0.1, 0.15) is 0 Å². The van der Waals surface area contributed by atoms with E-state index in [9.17, 15) is 4.79 Å². The molecule has 1 aromatic rings. The maximum absolute atomic E-state index is 12.2. The molecule has 0 saturated carbocycles. The highest BCUT2D eigenvalue weighted by atomic mass is 79.9. The van der Waals surface area contributed by atoms with Gasteiger partial charge in [-0.15, -0.1) is 0 Å². The summed E-state index contributed by atoms with van der Waals surface area (Å²) >= 11 is 9.34. The van der Waals surface area contributed by atoms with Crippen LogP contribution in [0, 0.1) is 6.92 Å². The van der Waals surface area contributed by atoms with Gasteiger partial charge >= 0.3 is 0 Å². The first-order valence-electron chi connectivity index (χ1n) is 6.14. The van der Waals surface area contributed by atoms with Crippen molar-refractivity contribution in [2.75, 3.05) is 18.9 Å². The van der Waals surface area contributed by atoms with Gasteiger partial charge in [-0.05, 0) is 37.5 Å². The molecule has 0 aliphatic rings. The molecule has 4 heteroatoms. The number of carbonyl (C=O) groups excluding carboxylic acids is 1. The molecule has 0 radical (unpaired) electrons. The summed E-state index contributed by atoms with van der Waals surface area (Å²) in [4.78, 5) is 14.0. The number of alkyl halides is 1. The van der Waals surface area contributed by atoms with Gasteiger partial charge in [-0.1, -0.05) is 40.0 Å². The summed E-state index contributed by atoms with van der Waals surface area (Å²) < 4.78 is 0. The van der Waals surface area contributed by atoms with Crippen molar-refractivity contribution in [3.05, 3.63) is 34.3 Å². The molecule has 0 aromatic heterocycles. The number of rotatable bonds is 6. The van der Waals surface area contributed by atoms with E-state index < -0.39 is 0 Å². The van der Waals surface area contributed by atoms with Crippen molar-refractivity contribution in [3.63, 3.8) is 0 Å². The Hall–Kier alpha value is -0.540. The lowest BCUT2D eigenvalue weighted by molar-refractivity contribution is 0.0792. The molecule has 0 atom stereocenters. The SMILES string of the molecule is Cc1ccc(Cl)cc1C(=O)N(C)CCCCCBr. The Labute approximate surface area is 122 Å². The van der Waals surface area contributed by atoms with Gasteiger partial charge in [-0.3, -0.25) is 4.79 Å². The predicted molar refractivity (Wildman–Crippen MR) is 80.8 cm³/mol. The minimum absolute atomic E-state index is 0.0499. The third-order valence-electron chi connectivity index (χ3n) is 2.90. The molecule has 1 amide bonds. The third kappa shape index (κ3) is 4.62. The van der Waals surface area contributed by atoms with Crippen LogP contribution in [0.2, 0.25) is 5.02 Å². The van der Waals surface area contributed by atoms with E-state index in [4.69, 9.17) is 11.6 Å². The zero-order valence-corrected chi connectivity index (χ0v) is 13.2. The van der Waals surface area contributed by atoms with Crippen LogP contribution >= 0.6 is 27.5 Å². The lowest BCUT2D eigenvalue weighted by atomic mass is 10.1. The van der Waals surface area contributed by atoms with E-state index in [0.29, 0.717) is 10.6 Å². The lowest BCUT2D eigenvalue weighted by Gasteiger charge is -2.18. The van der Waals surface area contributed by atoms with E-state index in [1.807, 2.05) is 26.1 Å². The molecule has 0 aliphatic carbocycles. The molecule has 0 aliphatic heterocycles. The van der Waals surface area contributed by atoms with Crippen LogP contribution in [0.4, 0.5) is 0 Å². The van der Waals surface area contributed by atoms with Crippen molar-refractivity contribution >= 4 is 33.4 Å². The van der Waals surface area contributed by atoms with Crippen molar-refractivity contribution < 1.29 is 4.79 Å². The average Bonchev–Trinajstić information content (AvgIpc) is 2.36. The van der Waals surface area contributed by atoms with Crippen LogP contribution in [-0.4, -0.2) is 29.7 Å². The van der Waals surface area contributed by atoms with Crippen LogP contribution in [0.3, 0.4) is 0 Å². The summed E-state index contributed by atoms with van der Waals surface area (Å²) in [6.07, 6.45) is 3.32. The van der Waals surface area contributed by atoms with E-state index in [0.717, 1.165) is 36.7 Å². The molecule has 100 valence electrons. The molecular weight excluding hydrogens is 314 g/mol. The molecule has 1 rings (SSSR count). The Bertz CT molecular complexity index is 409. The highest BCUT2D eigenvalue weighted by molar-refractivity contribution is 9.09. The number of hydrogen-bond acceptors (Lipinski definition) is 1. The minimum Gasteiger partial charge on any atom is -0.342 e. The van der Waals surface area contributed by atoms with Crippen molar-refractivity contribution in [2.24, 2.45) is 0 Å². The van der Waals surface area contributed by atoms with E-state index in [1.165, 1.54) is 0 Å². The molecule has 0 heterocycles. The van der Waals surface area contributed by atoms with Crippen molar-refractivity contribution in [1.29, 1.82) is 0 Å². The molecule has 0 saturated heterocycles. The first-order chi connectivity index (χ1) is 8.56. The van der Waals surface area contributed by atoms with E-state index in [-0.39, 0.29) is 5.91 Å². The number of halogens is 2. The number of aryl methyl sites for hydroxylation is 1. The fraction of sp³-hybridized carbons (Fsp3) is 0.500. The van der Waals surface area contributed by atoms with Crippen LogP contribution in [0.1, 0.15) is 35.2 Å². The molecule has 0 bridgehead atoms. The van der Waals surface area contributed by atoms with Crippen LogP contribution < -0.4 is 0 Å². The third-order valence-corrected chi connectivity index (χ3v) is 3.70. The highest BCUT2D eigenvalue weighted by Crippen LogP contribution is 2.17. The number of amides is 1. The van der Waals surface area contributed by atoms with Crippen LogP contribution in [0.15, 0.2) is 18.2 Å². The monoisotopic (exact) mass is 331 g/mol. The quantitative estimate of drug-likeness (QED) is 0.562. The summed E-state index contributed by atoms with van der Waals surface area (Å²) in [5.74, 6) is 0.0499. The van der Waals surface area contributed by atoms with Crippen molar-refractivity contribution in [2.45, 2.75) is 26.2 Å². The van der Waals surface area contributed by atoms with Gasteiger partial charge in [-0.2, -0.15) is 0 Å². The second-order valence-electron chi connectivity index (χ2n) is 4.44. The standard InChI is InChI=1S/C14H19BrClNO/c1-11-6-7-12(16)10-13(11)14(18)17(2)9-5-3-4-8-15/h6-7,10H,3-5,8-9H2,1-2H3. The maximum Gasteiger partial charge on any atom is 0.253 e. The minimum atomic E-state index is 0.0499. The zero-order chi connectivity index (χ0) is 13.5. The lowest BCUT2D eigenvalue weighted by Crippen LogP contribution is -2.28. The molecular formula is C14H19BrClNO. The summed E-state index contributed by atoms with van der Waals surface area (Å²) in [7, 11) is 1.84. The Morgan fingerprint density at radius 2 is 2.06 bits per heavy atom. The molecule has 0 N–H and O–H groups in total. The maximum atomic E-state index is 12.2. The van der Waals surface area contributed by atoms with Crippen molar-refractivity contribution in [3.8, 4) is 0 Å². The smallest absolute Gasteiger partial charge is 0.253 e. The normalized spacial score (nSPS) is 10.4. The summed E-state index contributed by atoms with van der Waals surface area (Å²) in [5.41, 5.74) is 1.67. The second kappa shape index (κ2) is 7.80. The van der Waals surface area contributed by atoms with E-state index in [2.05, 4.69) is 15.9 Å². The van der Waals surface area contributed by atoms with E-state index in [1.54, 1.807) is 11.0 Å². The summed E-state index contributed by atoms with van der Waals surface area (Å²) in [5, 5.41) is 1.63. The van der Waals surface area contributed by atoms with Gasteiger partial charge in [0, 0.05) is 29.5 Å². The Kier molecular flexibility index (Phi) is 6.72. The number of hydrogen-bond donors (Lipinski definition) is 0. The van der Waals surface area contributed by atoms with Crippen LogP contribution in [0.5, 0.6) is 0 Å². The molecule has 0 spiro atoms. The largest absolute Gasteiger partial charge is 0.342 e. The first-order valence-corrected chi connectivity index (χ1v) is 7.63. The van der Waals surface area contributed by atoms with Gasteiger partial charge in [0.2, 0.25) is 0 Å².